The largest absolute Gasteiger partial charge is 0.384 e. The second-order valence-electron chi connectivity index (χ2n) is 3.36. The summed E-state index contributed by atoms with van der Waals surface area (Å²) in [6.45, 7) is 4.62. The van der Waals surface area contributed by atoms with Crippen molar-refractivity contribution in [2.45, 2.75) is 20.3 Å². The Morgan fingerprint density at radius 1 is 1.44 bits per heavy atom. The summed E-state index contributed by atoms with van der Waals surface area (Å²) in [5, 5.41) is 5.75. The van der Waals surface area contributed by atoms with Gasteiger partial charge >= 0.3 is 0 Å². The molecule has 0 aromatic carbocycles. The Labute approximate surface area is 94.7 Å². The molecule has 88 valence electrons. The van der Waals surface area contributed by atoms with Crippen LogP contribution in [-0.2, 0) is 11.2 Å². The number of nitrogens with two attached hydrogens (primary N) is 1. The number of aromatic nitrogens is 2. The fourth-order valence-corrected chi connectivity index (χ4v) is 1.20. The Kier molecular flexibility index (Phi) is 4.50. The van der Waals surface area contributed by atoms with Crippen LogP contribution in [-0.4, -0.2) is 29.0 Å². The van der Waals surface area contributed by atoms with Gasteiger partial charge in [0, 0.05) is 32.5 Å². The third-order valence-electron chi connectivity index (χ3n) is 1.91. The van der Waals surface area contributed by atoms with Crippen molar-refractivity contribution in [1.82, 2.24) is 15.3 Å². The molecule has 0 saturated carbocycles. The summed E-state index contributed by atoms with van der Waals surface area (Å²) in [6, 6.07) is 1.67. The molecule has 0 fully saturated rings. The van der Waals surface area contributed by atoms with Crippen molar-refractivity contribution in [1.29, 1.82) is 0 Å². The van der Waals surface area contributed by atoms with Gasteiger partial charge in [0.15, 0.2) is 0 Å². The summed E-state index contributed by atoms with van der Waals surface area (Å²) in [6.07, 6.45) is 0.741. The maximum atomic E-state index is 10.6. The molecular formula is C10H17N5O. The summed E-state index contributed by atoms with van der Waals surface area (Å²) in [4.78, 5) is 18.9. The lowest BCUT2D eigenvalue weighted by Gasteiger charge is -2.07. The van der Waals surface area contributed by atoms with E-state index in [2.05, 4.69) is 20.6 Å². The molecule has 6 nitrogen and oxygen atoms in total. The number of amides is 1. The molecule has 6 heteroatoms. The van der Waals surface area contributed by atoms with Gasteiger partial charge in [-0.15, -0.1) is 0 Å². The molecule has 0 radical (unpaired) electrons. The van der Waals surface area contributed by atoms with E-state index >= 15 is 0 Å². The molecule has 1 aromatic heterocycles. The molecule has 1 aromatic rings. The molecule has 0 atom stereocenters. The Morgan fingerprint density at radius 2 is 2.19 bits per heavy atom. The molecular weight excluding hydrogens is 206 g/mol. The fraction of sp³-hybridized carbons (Fsp3) is 0.500. The molecule has 0 unspecified atom stereocenters. The number of aryl methyl sites for hydroxylation is 1. The summed E-state index contributed by atoms with van der Waals surface area (Å²) in [5.74, 6) is 1.81. The minimum Gasteiger partial charge on any atom is -0.384 e. The normalized spacial score (nSPS) is 9.88. The van der Waals surface area contributed by atoms with Crippen LogP contribution in [0.25, 0.3) is 0 Å². The van der Waals surface area contributed by atoms with Crippen molar-refractivity contribution in [2.75, 3.05) is 24.1 Å². The van der Waals surface area contributed by atoms with E-state index in [0.717, 1.165) is 6.42 Å². The van der Waals surface area contributed by atoms with Crippen LogP contribution in [0.15, 0.2) is 6.07 Å². The predicted molar refractivity (Wildman–Crippen MR) is 63.0 cm³/mol. The summed E-state index contributed by atoms with van der Waals surface area (Å²) in [5.41, 5.74) is 5.63. The second kappa shape index (κ2) is 5.89. The fourth-order valence-electron chi connectivity index (χ4n) is 1.20. The van der Waals surface area contributed by atoms with E-state index in [1.165, 1.54) is 6.92 Å². The molecule has 0 bridgehead atoms. The molecule has 1 heterocycles. The predicted octanol–water partition coefficient (Wildman–Crippen LogP) is 0.169. The van der Waals surface area contributed by atoms with Gasteiger partial charge < -0.3 is 16.4 Å². The zero-order valence-electron chi connectivity index (χ0n) is 9.58. The molecule has 0 aliphatic carbocycles. The third kappa shape index (κ3) is 4.12. The van der Waals surface area contributed by atoms with Gasteiger partial charge in [0.1, 0.15) is 17.5 Å². The number of nitrogens with zero attached hydrogens (tertiary/aromatic N) is 2. The lowest BCUT2D eigenvalue weighted by Crippen LogP contribution is -2.26. The molecule has 1 rings (SSSR count). The number of rotatable bonds is 5. The van der Waals surface area contributed by atoms with Crippen LogP contribution in [0.1, 0.15) is 19.7 Å². The van der Waals surface area contributed by atoms with Crippen molar-refractivity contribution >= 4 is 17.5 Å². The van der Waals surface area contributed by atoms with Gasteiger partial charge in [-0.05, 0) is 0 Å². The van der Waals surface area contributed by atoms with Gasteiger partial charge in [0.05, 0.1) is 0 Å². The van der Waals surface area contributed by atoms with Gasteiger partial charge in [-0.25, -0.2) is 9.97 Å². The minimum absolute atomic E-state index is 0.0433. The number of nitrogen functional groups attached to an aromatic ring is 1. The monoisotopic (exact) mass is 223 g/mol. The number of hydrogen-bond donors (Lipinski definition) is 3. The zero-order chi connectivity index (χ0) is 12.0. The van der Waals surface area contributed by atoms with Crippen molar-refractivity contribution in [3.8, 4) is 0 Å². The molecule has 1 amide bonds. The Morgan fingerprint density at radius 3 is 2.81 bits per heavy atom. The van der Waals surface area contributed by atoms with E-state index in [9.17, 15) is 4.79 Å². The molecule has 0 aliphatic heterocycles. The van der Waals surface area contributed by atoms with Gasteiger partial charge in [0.2, 0.25) is 5.91 Å². The lowest BCUT2D eigenvalue weighted by molar-refractivity contribution is -0.118. The third-order valence-corrected chi connectivity index (χ3v) is 1.91. The van der Waals surface area contributed by atoms with Crippen LogP contribution in [0.4, 0.5) is 11.6 Å². The quantitative estimate of drug-likeness (QED) is 0.619. The molecule has 16 heavy (non-hydrogen) atoms. The SMILES string of the molecule is CCc1nc(N)cc(NCCNC(C)=O)n1. The highest BCUT2D eigenvalue weighted by molar-refractivity contribution is 5.72. The number of carbonyl (C=O) groups excluding carboxylic acids is 1. The first kappa shape index (κ1) is 12.2. The first-order valence-electron chi connectivity index (χ1n) is 5.23. The highest BCUT2D eigenvalue weighted by Crippen LogP contribution is 2.07. The average Bonchev–Trinajstić information content (AvgIpc) is 2.23. The van der Waals surface area contributed by atoms with E-state index in [-0.39, 0.29) is 5.91 Å². The Balaban J connectivity index is 2.47. The zero-order valence-corrected chi connectivity index (χ0v) is 9.58. The Bertz CT molecular complexity index is 366. The van der Waals surface area contributed by atoms with Crippen molar-refractivity contribution in [3.05, 3.63) is 11.9 Å². The topological polar surface area (TPSA) is 92.9 Å². The van der Waals surface area contributed by atoms with Crippen LogP contribution >= 0.6 is 0 Å². The van der Waals surface area contributed by atoms with Gasteiger partial charge in [-0.1, -0.05) is 6.92 Å². The summed E-state index contributed by atoms with van der Waals surface area (Å²) >= 11 is 0. The number of anilines is 2. The van der Waals surface area contributed by atoms with Crippen molar-refractivity contribution in [2.24, 2.45) is 0 Å². The first-order valence-corrected chi connectivity index (χ1v) is 5.23. The lowest BCUT2D eigenvalue weighted by atomic mass is 10.4. The van der Waals surface area contributed by atoms with Crippen LogP contribution < -0.4 is 16.4 Å². The summed E-state index contributed by atoms with van der Waals surface area (Å²) in [7, 11) is 0. The van der Waals surface area contributed by atoms with Crippen molar-refractivity contribution < 1.29 is 4.79 Å². The minimum atomic E-state index is -0.0433. The maximum Gasteiger partial charge on any atom is 0.216 e. The standard InChI is InChI=1S/C10H17N5O/c1-3-9-14-8(11)6-10(15-9)13-5-4-12-7(2)16/h6H,3-5H2,1-2H3,(H,12,16)(H3,11,13,14,15). The van der Waals surface area contributed by atoms with E-state index in [1.54, 1.807) is 6.07 Å². The van der Waals surface area contributed by atoms with Crippen molar-refractivity contribution in [3.63, 3.8) is 0 Å². The van der Waals surface area contributed by atoms with E-state index in [0.29, 0.717) is 30.5 Å². The number of hydrogen-bond acceptors (Lipinski definition) is 5. The van der Waals surface area contributed by atoms with E-state index in [4.69, 9.17) is 5.73 Å². The molecule has 0 aliphatic rings. The van der Waals surface area contributed by atoms with Crippen LogP contribution in [0.3, 0.4) is 0 Å². The molecule has 0 saturated heterocycles. The molecule has 4 N–H and O–H groups in total. The highest BCUT2D eigenvalue weighted by Gasteiger charge is 2.00. The van der Waals surface area contributed by atoms with Gasteiger partial charge in [0.25, 0.3) is 0 Å². The smallest absolute Gasteiger partial charge is 0.216 e. The van der Waals surface area contributed by atoms with Crippen LogP contribution in [0, 0.1) is 0 Å². The second-order valence-corrected chi connectivity index (χ2v) is 3.36. The number of carbonyl (C=O) groups is 1. The highest BCUT2D eigenvalue weighted by atomic mass is 16.1. The Hall–Kier alpha value is -1.85. The van der Waals surface area contributed by atoms with Crippen LogP contribution in [0.2, 0.25) is 0 Å². The molecule has 0 spiro atoms. The van der Waals surface area contributed by atoms with E-state index < -0.39 is 0 Å². The first-order chi connectivity index (χ1) is 7.61. The van der Waals surface area contributed by atoms with Gasteiger partial charge in [-0.2, -0.15) is 0 Å². The van der Waals surface area contributed by atoms with Crippen LogP contribution in [0.5, 0.6) is 0 Å². The van der Waals surface area contributed by atoms with E-state index in [1.807, 2.05) is 6.92 Å². The number of nitrogens with one attached hydrogen (secondary N) is 2. The van der Waals surface area contributed by atoms with Gasteiger partial charge in [-0.3, -0.25) is 4.79 Å². The average molecular weight is 223 g/mol. The maximum absolute atomic E-state index is 10.6. The summed E-state index contributed by atoms with van der Waals surface area (Å²) < 4.78 is 0.